The normalized spacial score (nSPS) is 20.7. The summed E-state index contributed by atoms with van der Waals surface area (Å²) in [5.41, 5.74) is 1.28. The molecule has 2 aliphatic heterocycles. The van der Waals surface area contributed by atoms with Gasteiger partial charge in [0.05, 0.1) is 13.2 Å². The van der Waals surface area contributed by atoms with Crippen molar-refractivity contribution >= 4 is 11.8 Å². The Labute approximate surface area is 149 Å². The molecule has 0 radical (unpaired) electrons. The minimum atomic E-state index is 0.215. The first-order valence-electron chi connectivity index (χ1n) is 9.39. The number of carbonyl (C=O) groups is 2. The molecule has 2 aliphatic rings. The molecule has 2 fully saturated rings. The van der Waals surface area contributed by atoms with Crippen molar-refractivity contribution in [3.8, 4) is 0 Å². The van der Waals surface area contributed by atoms with E-state index in [4.69, 9.17) is 4.74 Å². The van der Waals surface area contributed by atoms with E-state index >= 15 is 0 Å². The Kier molecular flexibility index (Phi) is 6.45. The van der Waals surface area contributed by atoms with Crippen LogP contribution in [0.5, 0.6) is 0 Å². The lowest BCUT2D eigenvalue weighted by atomic mass is 10.0. The summed E-state index contributed by atoms with van der Waals surface area (Å²) >= 11 is 0. The van der Waals surface area contributed by atoms with Crippen LogP contribution in [0.3, 0.4) is 0 Å². The molecule has 0 aromatic heterocycles. The molecule has 1 atom stereocenters. The van der Waals surface area contributed by atoms with E-state index < -0.39 is 0 Å². The van der Waals surface area contributed by atoms with Crippen molar-refractivity contribution in [2.75, 3.05) is 39.4 Å². The van der Waals surface area contributed by atoms with Gasteiger partial charge in [0, 0.05) is 39.0 Å². The minimum Gasteiger partial charge on any atom is -0.378 e. The van der Waals surface area contributed by atoms with Crippen molar-refractivity contribution in [2.24, 2.45) is 5.92 Å². The first kappa shape index (κ1) is 17.9. The minimum absolute atomic E-state index is 0.215. The summed E-state index contributed by atoms with van der Waals surface area (Å²) in [6, 6.07) is 10.3. The van der Waals surface area contributed by atoms with Gasteiger partial charge in [0.1, 0.15) is 0 Å². The zero-order valence-corrected chi connectivity index (χ0v) is 14.9. The summed E-state index contributed by atoms with van der Waals surface area (Å²) in [5.74, 6) is 0.761. The molecule has 2 amide bonds. The SMILES string of the molecule is O=C(CC1CCN(C(=O)CCCc2ccccc2)C1)N1CCOCC1. The monoisotopic (exact) mass is 344 g/mol. The summed E-state index contributed by atoms with van der Waals surface area (Å²) in [4.78, 5) is 28.6. The number of morpholine rings is 1. The van der Waals surface area contributed by atoms with Gasteiger partial charge in [-0.05, 0) is 30.7 Å². The first-order valence-corrected chi connectivity index (χ1v) is 9.39. The van der Waals surface area contributed by atoms with Crippen molar-refractivity contribution in [1.82, 2.24) is 9.80 Å². The van der Waals surface area contributed by atoms with Crippen molar-refractivity contribution in [1.29, 1.82) is 0 Å². The van der Waals surface area contributed by atoms with E-state index in [1.807, 2.05) is 28.0 Å². The van der Waals surface area contributed by atoms with Crippen molar-refractivity contribution in [2.45, 2.75) is 32.1 Å². The Bertz CT molecular complexity index is 570. The van der Waals surface area contributed by atoms with Gasteiger partial charge < -0.3 is 14.5 Å². The summed E-state index contributed by atoms with van der Waals surface area (Å²) < 4.78 is 5.29. The van der Waals surface area contributed by atoms with Gasteiger partial charge in [0.2, 0.25) is 11.8 Å². The summed E-state index contributed by atoms with van der Waals surface area (Å²) in [7, 11) is 0. The fourth-order valence-electron chi connectivity index (χ4n) is 3.66. The van der Waals surface area contributed by atoms with E-state index in [0.717, 1.165) is 32.4 Å². The van der Waals surface area contributed by atoms with E-state index in [2.05, 4.69) is 12.1 Å². The molecule has 136 valence electrons. The van der Waals surface area contributed by atoms with Gasteiger partial charge in [-0.15, -0.1) is 0 Å². The quantitative estimate of drug-likeness (QED) is 0.794. The van der Waals surface area contributed by atoms with E-state index in [0.29, 0.717) is 45.1 Å². The zero-order valence-electron chi connectivity index (χ0n) is 14.9. The summed E-state index contributed by atoms with van der Waals surface area (Å²) in [5, 5.41) is 0. The maximum atomic E-state index is 12.4. The van der Waals surface area contributed by atoms with Crippen molar-refractivity contribution in [3.05, 3.63) is 35.9 Å². The number of rotatable bonds is 6. The Morgan fingerprint density at radius 1 is 1.00 bits per heavy atom. The molecule has 5 nitrogen and oxygen atoms in total. The molecule has 1 aromatic rings. The lowest BCUT2D eigenvalue weighted by molar-refractivity contribution is -0.136. The second kappa shape index (κ2) is 8.99. The molecule has 5 heteroatoms. The highest BCUT2D eigenvalue weighted by Gasteiger charge is 2.29. The molecule has 0 bridgehead atoms. The second-order valence-electron chi connectivity index (χ2n) is 7.03. The van der Waals surface area contributed by atoms with Gasteiger partial charge in [-0.3, -0.25) is 9.59 Å². The maximum absolute atomic E-state index is 12.4. The summed E-state index contributed by atoms with van der Waals surface area (Å²) in [6.07, 6.45) is 3.93. The lowest BCUT2D eigenvalue weighted by Crippen LogP contribution is -2.41. The Morgan fingerprint density at radius 3 is 2.52 bits per heavy atom. The summed E-state index contributed by atoms with van der Waals surface area (Å²) in [6.45, 7) is 4.22. The molecular formula is C20H28N2O3. The van der Waals surface area contributed by atoms with Crippen LogP contribution >= 0.6 is 0 Å². The van der Waals surface area contributed by atoms with Gasteiger partial charge >= 0.3 is 0 Å². The van der Waals surface area contributed by atoms with Crippen molar-refractivity contribution in [3.63, 3.8) is 0 Å². The molecule has 1 aromatic carbocycles. The largest absolute Gasteiger partial charge is 0.378 e. The zero-order chi connectivity index (χ0) is 17.5. The Balaban J connectivity index is 1.36. The van der Waals surface area contributed by atoms with Crippen LogP contribution in [0, 0.1) is 5.92 Å². The third-order valence-corrected chi connectivity index (χ3v) is 5.16. The number of carbonyl (C=O) groups excluding carboxylic acids is 2. The van der Waals surface area contributed by atoms with Crippen LogP contribution in [0.1, 0.15) is 31.2 Å². The van der Waals surface area contributed by atoms with Crippen LogP contribution in [0.2, 0.25) is 0 Å². The average molecular weight is 344 g/mol. The predicted molar refractivity (Wildman–Crippen MR) is 96.1 cm³/mol. The number of ether oxygens (including phenoxy) is 1. The van der Waals surface area contributed by atoms with E-state index in [1.165, 1.54) is 5.56 Å². The molecule has 2 saturated heterocycles. The van der Waals surface area contributed by atoms with Crippen LogP contribution in [0.4, 0.5) is 0 Å². The van der Waals surface area contributed by atoms with Crippen molar-refractivity contribution < 1.29 is 14.3 Å². The smallest absolute Gasteiger partial charge is 0.223 e. The van der Waals surface area contributed by atoms with Crippen LogP contribution in [0.15, 0.2) is 30.3 Å². The number of nitrogens with zero attached hydrogens (tertiary/aromatic N) is 2. The van der Waals surface area contributed by atoms with Crippen LogP contribution in [0.25, 0.3) is 0 Å². The highest BCUT2D eigenvalue weighted by molar-refractivity contribution is 5.78. The second-order valence-corrected chi connectivity index (χ2v) is 7.03. The van der Waals surface area contributed by atoms with Crippen LogP contribution in [-0.2, 0) is 20.7 Å². The Hall–Kier alpha value is -1.88. The lowest BCUT2D eigenvalue weighted by Gasteiger charge is -2.27. The molecule has 3 rings (SSSR count). The Morgan fingerprint density at radius 2 is 1.76 bits per heavy atom. The van der Waals surface area contributed by atoms with Gasteiger partial charge in [0.25, 0.3) is 0 Å². The van der Waals surface area contributed by atoms with E-state index in [1.54, 1.807) is 0 Å². The number of benzene rings is 1. The highest BCUT2D eigenvalue weighted by Crippen LogP contribution is 2.22. The highest BCUT2D eigenvalue weighted by atomic mass is 16.5. The molecule has 0 saturated carbocycles. The molecule has 0 N–H and O–H groups in total. The van der Waals surface area contributed by atoms with Crippen LogP contribution < -0.4 is 0 Å². The molecule has 2 heterocycles. The predicted octanol–water partition coefficient (Wildman–Crippen LogP) is 2.11. The van der Waals surface area contributed by atoms with Gasteiger partial charge in [-0.1, -0.05) is 30.3 Å². The topological polar surface area (TPSA) is 49.9 Å². The average Bonchev–Trinajstić information content (AvgIpc) is 3.12. The van der Waals surface area contributed by atoms with Gasteiger partial charge in [-0.2, -0.15) is 0 Å². The molecule has 25 heavy (non-hydrogen) atoms. The molecule has 1 unspecified atom stereocenters. The maximum Gasteiger partial charge on any atom is 0.223 e. The fourth-order valence-corrected chi connectivity index (χ4v) is 3.66. The number of aryl methyl sites for hydroxylation is 1. The van der Waals surface area contributed by atoms with Gasteiger partial charge in [0.15, 0.2) is 0 Å². The van der Waals surface area contributed by atoms with Crippen LogP contribution in [-0.4, -0.2) is 61.0 Å². The number of amides is 2. The first-order chi connectivity index (χ1) is 12.2. The standard InChI is InChI=1S/C20H28N2O3/c23-19(8-4-7-17-5-2-1-3-6-17)22-10-9-18(16-22)15-20(24)21-11-13-25-14-12-21/h1-3,5-6,18H,4,7-16H2. The van der Waals surface area contributed by atoms with E-state index in [-0.39, 0.29) is 11.8 Å². The number of hydrogen-bond acceptors (Lipinski definition) is 3. The molecule has 0 aliphatic carbocycles. The number of hydrogen-bond donors (Lipinski definition) is 0. The van der Waals surface area contributed by atoms with Gasteiger partial charge in [-0.25, -0.2) is 0 Å². The third-order valence-electron chi connectivity index (χ3n) is 5.16. The molecular weight excluding hydrogens is 316 g/mol. The fraction of sp³-hybridized carbons (Fsp3) is 0.600. The third kappa shape index (κ3) is 5.30. The number of likely N-dealkylation sites (tertiary alicyclic amines) is 1. The van der Waals surface area contributed by atoms with E-state index in [9.17, 15) is 9.59 Å². The molecule has 0 spiro atoms.